The number of aromatic nitrogens is 1. The zero-order valence-electron chi connectivity index (χ0n) is 14.3. The summed E-state index contributed by atoms with van der Waals surface area (Å²) in [6.45, 7) is 3.36. The summed E-state index contributed by atoms with van der Waals surface area (Å²) in [5.41, 5.74) is 2.28. The van der Waals surface area contributed by atoms with Gasteiger partial charge >= 0.3 is 11.8 Å². The van der Waals surface area contributed by atoms with Crippen LogP contribution in [-0.2, 0) is 16.1 Å². The highest BCUT2D eigenvalue weighted by Crippen LogP contribution is 2.15. The number of nitrogens with zero attached hydrogens (tertiary/aromatic N) is 1. The van der Waals surface area contributed by atoms with Gasteiger partial charge in [0.15, 0.2) is 5.78 Å². The summed E-state index contributed by atoms with van der Waals surface area (Å²) in [6, 6.07) is 9.94. The molecule has 0 aliphatic rings. The molecule has 0 aliphatic heterocycles. The van der Waals surface area contributed by atoms with E-state index in [1.807, 2.05) is 6.92 Å². The number of methoxy groups -OCH3 is 1. The van der Waals surface area contributed by atoms with Crippen LogP contribution in [-0.4, -0.2) is 29.7 Å². The van der Waals surface area contributed by atoms with Crippen LogP contribution in [0.5, 0.6) is 5.88 Å². The molecule has 2 rings (SSSR count). The van der Waals surface area contributed by atoms with Crippen molar-refractivity contribution in [3.8, 4) is 5.88 Å². The van der Waals surface area contributed by atoms with Gasteiger partial charge in [0.2, 0.25) is 5.88 Å². The second-order valence-electron chi connectivity index (χ2n) is 5.39. The molecule has 25 heavy (non-hydrogen) atoms. The Kier molecular flexibility index (Phi) is 5.84. The topological polar surface area (TPSA) is 97.4 Å². The van der Waals surface area contributed by atoms with Crippen LogP contribution in [0.3, 0.4) is 0 Å². The number of carbonyl (C=O) groups excluding carboxylic acids is 3. The average Bonchev–Trinajstić information content (AvgIpc) is 2.60. The maximum absolute atomic E-state index is 12.0. The molecule has 0 atom stereocenters. The fourth-order valence-electron chi connectivity index (χ4n) is 2.13. The zero-order valence-corrected chi connectivity index (χ0v) is 14.3. The van der Waals surface area contributed by atoms with Gasteiger partial charge in [0.25, 0.3) is 0 Å². The normalized spacial score (nSPS) is 10.0. The molecule has 0 aliphatic carbocycles. The minimum Gasteiger partial charge on any atom is -0.481 e. The Labute approximate surface area is 145 Å². The molecule has 7 nitrogen and oxygen atoms in total. The van der Waals surface area contributed by atoms with Crippen LogP contribution in [0, 0.1) is 6.92 Å². The van der Waals surface area contributed by atoms with Crippen molar-refractivity contribution in [1.29, 1.82) is 0 Å². The number of pyridine rings is 1. The number of anilines is 1. The molecule has 130 valence electrons. The van der Waals surface area contributed by atoms with Crippen molar-refractivity contribution >= 4 is 23.3 Å². The number of rotatable bonds is 5. The van der Waals surface area contributed by atoms with E-state index in [9.17, 15) is 14.4 Å². The number of nitrogens with one attached hydrogen (secondary N) is 2. The highest BCUT2D eigenvalue weighted by Gasteiger charge is 2.15. The van der Waals surface area contributed by atoms with Gasteiger partial charge in [0, 0.05) is 29.1 Å². The smallest absolute Gasteiger partial charge is 0.313 e. The summed E-state index contributed by atoms with van der Waals surface area (Å²) in [6.07, 6.45) is 0. The van der Waals surface area contributed by atoms with Crippen LogP contribution < -0.4 is 15.4 Å². The fraction of sp³-hybridized carbons (Fsp3) is 0.222. The standard InChI is InChI=1S/C18H19N3O4/c1-11-7-8-14(18(20-11)25-3)10-19-16(23)17(24)21-15-6-4-5-13(9-15)12(2)22/h4-9H,10H2,1-3H3,(H,19,23)(H,21,24). The number of benzene rings is 1. The summed E-state index contributed by atoms with van der Waals surface area (Å²) in [4.78, 5) is 39.5. The average molecular weight is 341 g/mol. The second kappa shape index (κ2) is 8.05. The van der Waals surface area contributed by atoms with E-state index >= 15 is 0 Å². The summed E-state index contributed by atoms with van der Waals surface area (Å²) in [7, 11) is 1.49. The largest absolute Gasteiger partial charge is 0.481 e. The summed E-state index contributed by atoms with van der Waals surface area (Å²) < 4.78 is 5.16. The Hall–Kier alpha value is -3.22. The summed E-state index contributed by atoms with van der Waals surface area (Å²) in [5, 5.41) is 4.97. The molecule has 0 saturated heterocycles. The molecule has 2 amide bonds. The molecule has 2 aromatic rings. The van der Waals surface area contributed by atoms with E-state index in [0.717, 1.165) is 5.69 Å². The molecule has 0 saturated carbocycles. The number of Topliss-reactive ketones (excluding diaryl/α,β-unsaturated/α-hetero) is 1. The predicted octanol–water partition coefficient (Wildman–Crippen LogP) is 1.86. The number of ether oxygens (including phenoxy) is 1. The first kappa shape index (κ1) is 18.1. The summed E-state index contributed by atoms with van der Waals surface area (Å²) >= 11 is 0. The van der Waals surface area contributed by atoms with Crippen molar-refractivity contribution < 1.29 is 19.1 Å². The van der Waals surface area contributed by atoms with E-state index in [-0.39, 0.29) is 12.3 Å². The fourth-order valence-corrected chi connectivity index (χ4v) is 2.13. The Bertz CT molecular complexity index is 818. The van der Waals surface area contributed by atoms with E-state index in [0.29, 0.717) is 22.7 Å². The molecule has 1 aromatic heterocycles. The lowest BCUT2D eigenvalue weighted by Crippen LogP contribution is -2.35. The van der Waals surface area contributed by atoms with Crippen LogP contribution in [0.2, 0.25) is 0 Å². The molecule has 0 unspecified atom stereocenters. The Morgan fingerprint density at radius 1 is 1.12 bits per heavy atom. The predicted molar refractivity (Wildman–Crippen MR) is 92.4 cm³/mol. The van der Waals surface area contributed by atoms with Crippen LogP contribution in [0.4, 0.5) is 5.69 Å². The Morgan fingerprint density at radius 3 is 2.56 bits per heavy atom. The van der Waals surface area contributed by atoms with Crippen LogP contribution in [0.25, 0.3) is 0 Å². The van der Waals surface area contributed by atoms with Gasteiger partial charge in [-0.05, 0) is 32.0 Å². The van der Waals surface area contributed by atoms with Gasteiger partial charge < -0.3 is 15.4 Å². The van der Waals surface area contributed by atoms with Crippen molar-refractivity contribution in [3.63, 3.8) is 0 Å². The molecular formula is C18H19N3O4. The highest BCUT2D eigenvalue weighted by atomic mass is 16.5. The molecular weight excluding hydrogens is 322 g/mol. The maximum Gasteiger partial charge on any atom is 0.313 e. The molecule has 7 heteroatoms. The zero-order chi connectivity index (χ0) is 18.4. The van der Waals surface area contributed by atoms with Gasteiger partial charge in [-0.3, -0.25) is 14.4 Å². The van der Waals surface area contributed by atoms with Gasteiger partial charge in [-0.2, -0.15) is 0 Å². The van der Waals surface area contributed by atoms with Crippen molar-refractivity contribution in [1.82, 2.24) is 10.3 Å². The van der Waals surface area contributed by atoms with Crippen molar-refractivity contribution in [2.75, 3.05) is 12.4 Å². The number of hydrogen-bond donors (Lipinski definition) is 2. The molecule has 2 N–H and O–H groups in total. The van der Waals surface area contributed by atoms with E-state index in [1.54, 1.807) is 30.3 Å². The molecule has 0 bridgehead atoms. The first-order valence-electron chi connectivity index (χ1n) is 7.61. The van der Waals surface area contributed by atoms with E-state index in [1.165, 1.54) is 20.1 Å². The maximum atomic E-state index is 12.0. The van der Waals surface area contributed by atoms with Gasteiger partial charge in [0.1, 0.15) is 0 Å². The van der Waals surface area contributed by atoms with Gasteiger partial charge in [-0.25, -0.2) is 4.98 Å². The molecule has 1 heterocycles. The lowest BCUT2D eigenvalue weighted by atomic mass is 10.1. The van der Waals surface area contributed by atoms with E-state index < -0.39 is 11.8 Å². The molecule has 1 aromatic carbocycles. The third-order valence-electron chi connectivity index (χ3n) is 3.44. The quantitative estimate of drug-likeness (QED) is 0.639. The third-order valence-corrected chi connectivity index (χ3v) is 3.44. The van der Waals surface area contributed by atoms with Gasteiger partial charge in [-0.15, -0.1) is 0 Å². The number of ketones is 1. The van der Waals surface area contributed by atoms with Crippen LogP contribution in [0.1, 0.15) is 28.5 Å². The van der Waals surface area contributed by atoms with Gasteiger partial charge in [-0.1, -0.05) is 18.2 Å². The number of amides is 2. The molecule has 0 radical (unpaired) electrons. The van der Waals surface area contributed by atoms with Crippen molar-refractivity contribution in [3.05, 3.63) is 53.2 Å². The highest BCUT2D eigenvalue weighted by molar-refractivity contribution is 6.39. The lowest BCUT2D eigenvalue weighted by Gasteiger charge is -2.10. The number of aryl methyl sites for hydroxylation is 1. The number of carbonyl (C=O) groups is 3. The minimum atomic E-state index is -0.820. The molecule has 0 spiro atoms. The lowest BCUT2D eigenvalue weighted by molar-refractivity contribution is -0.136. The first-order valence-corrected chi connectivity index (χ1v) is 7.61. The minimum absolute atomic E-state index is 0.107. The molecule has 0 fully saturated rings. The second-order valence-corrected chi connectivity index (χ2v) is 5.39. The van der Waals surface area contributed by atoms with Gasteiger partial charge in [0.05, 0.1) is 7.11 Å². The van der Waals surface area contributed by atoms with Crippen LogP contribution >= 0.6 is 0 Å². The van der Waals surface area contributed by atoms with E-state index in [4.69, 9.17) is 4.74 Å². The SMILES string of the molecule is COc1nc(C)ccc1CNC(=O)C(=O)Nc1cccc(C(C)=O)c1. The summed E-state index contributed by atoms with van der Waals surface area (Å²) in [5.74, 6) is -1.34. The van der Waals surface area contributed by atoms with E-state index in [2.05, 4.69) is 15.6 Å². The van der Waals surface area contributed by atoms with Crippen molar-refractivity contribution in [2.45, 2.75) is 20.4 Å². The van der Waals surface area contributed by atoms with Crippen molar-refractivity contribution in [2.24, 2.45) is 0 Å². The van der Waals surface area contributed by atoms with Crippen LogP contribution in [0.15, 0.2) is 36.4 Å². The first-order chi connectivity index (χ1) is 11.9. The monoisotopic (exact) mass is 341 g/mol. The Balaban J connectivity index is 1.98. The third kappa shape index (κ3) is 4.87. The Morgan fingerprint density at radius 2 is 1.88 bits per heavy atom. The number of hydrogen-bond acceptors (Lipinski definition) is 5.